The summed E-state index contributed by atoms with van der Waals surface area (Å²) in [6.07, 6.45) is 2.26. The van der Waals surface area contributed by atoms with Gasteiger partial charge in [-0.3, -0.25) is 4.79 Å². The molecule has 1 aliphatic rings. The minimum absolute atomic E-state index is 0.0918. The highest BCUT2D eigenvalue weighted by atomic mass is 32.1. The zero-order valence-electron chi connectivity index (χ0n) is 20.4. The smallest absolute Gasteiger partial charge is 0.318 e. The second-order valence-corrected chi connectivity index (χ2v) is 10.2. The fraction of sp³-hybridized carbons (Fsp3) is 0.400. The monoisotopic (exact) mass is 513 g/mol. The molecule has 0 saturated heterocycles. The molecule has 1 aliphatic heterocycles. The number of hydrogen-bond donors (Lipinski definition) is 2. The van der Waals surface area contributed by atoms with E-state index in [1.54, 1.807) is 17.5 Å². The lowest BCUT2D eigenvalue weighted by atomic mass is 10.1. The van der Waals surface area contributed by atoms with Crippen molar-refractivity contribution in [1.82, 2.24) is 20.2 Å². The van der Waals surface area contributed by atoms with Crippen molar-refractivity contribution in [3.63, 3.8) is 0 Å². The van der Waals surface area contributed by atoms with E-state index >= 15 is 0 Å². The molecule has 10 heteroatoms. The molecular weight excluding hydrogens is 482 g/mol. The van der Waals surface area contributed by atoms with Crippen molar-refractivity contribution in [2.45, 2.75) is 24.8 Å². The highest BCUT2D eigenvalue weighted by molar-refractivity contribution is 7.81. The summed E-state index contributed by atoms with van der Waals surface area (Å²) in [5.74, 6) is 1.24. The van der Waals surface area contributed by atoms with Gasteiger partial charge in [-0.15, -0.1) is 24.0 Å². The quantitative estimate of drug-likeness (QED) is 0.334. The minimum atomic E-state index is -0.721. The molecule has 8 nitrogen and oxygen atoms in total. The summed E-state index contributed by atoms with van der Waals surface area (Å²) in [6.45, 7) is 4.54. The molecule has 1 N–H and O–H groups in total. The second-order valence-electron chi connectivity index (χ2n) is 8.55. The molecule has 0 radical (unpaired) electrons. The number of thiol groups is 1. The maximum absolute atomic E-state index is 13.3. The number of hydrogen-bond acceptors (Lipinski definition) is 9. The van der Waals surface area contributed by atoms with Crippen molar-refractivity contribution in [2.75, 3.05) is 45.7 Å². The molecule has 3 aromatic rings. The van der Waals surface area contributed by atoms with Crippen LogP contribution in [-0.2, 0) is 11.5 Å². The number of methoxy groups -OCH3 is 1. The van der Waals surface area contributed by atoms with Gasteiger partial charge in [0.05, 0.1) is 12.0 Å². The third kappa shape index (κ3) is 5.55. The number of aryl methyl sites for hydroxylation is 1. The van der Waals surface area contributed by atoms with Gasteiger partial charge in [-0.1, -0.05) is 12.1 Å². The Balaban J connectivity index is 1.53. The van der Waals surface area contributed by atoms with Gasteiger partial charge in [0.25, 0.3) is 5.91 Å². The van der Waals surface area contributed by atoms with Crippen LogP contribution in [0.4, 0.5) is 5.82 Å². The molecule has 0 bridgehead atoms. The van der Waals surface area contributed by atoms with Gasteiger partial charge in [0, 0.05) is 39.3 Å². The number of aromatic nitrogens is 2. The molecule has 35 heavy (non-hydrogen) atoms. The van der Waals surface area contributed by atoms with E-state index in [4.69, 9.17) is 22.1 Å². The van der Waals surface area contributed by atoms with Gasteiger partial charge in [0.15, 0.2) is 4.93 Å². The zero-order chi connectivity index (χ0) is 25.0. The predicted molar refractivity (Wildman–Crippen MR) is 142 cm³/mol. The largest absolute Gasteiger partial charge is 0.472 e. The van der Waals surface area contributed by atoms with Crippen molar-refractivity contribution in [3.05, 3.63) is 63.5 Å². The number of ether oxygens (including phenoxy) is 2. The fourth-order valence-corrected chi connectivity index (χ4v) is 5.27. The summed E-state index contributed by atoms with van der Waals surface area (Å²) in [5, 5.41) is 5.22. The third-order valence-corrected chi connectivity index (χ3v) is 7.82. The second kappa shape index (κ2) is 10.8. The Bertz CT molecular complexity index is 1170. The number of rotatable bonds is 9. The van der Waals surface area contributed by atoms with Crippen LogP contribution in [0.3, 0.4) is 0 Å². The number of carbonyl (C=O) groups excluding carboxylic acids is 1. The maximum atomic E-state index is 13.3. The van der Waals surface area contributed by atoms with Crippen molar-refractivity contribution >= 4 is 35.7 Å². The van der Waals surface area contributed by atoms with Gasteiger partial charge in [-0.05, 0) is 55.2 Å². The standard InChI is InChI=1S/C25H31N5O3S2/c1-17-14-19(33-25(34,9-10-26-2)21-6-5-13-35-21)8-7-18(17)16-30-12-11-29(3)22-20(23(30)31)15-27-24(28-22)32-4/h5-8,13-15,26,34H,9-12,16H2,1-4H3. The van der Waals surface area contributed by atoms with Crippen molar-refractivity contribution in [1.29, 1.82) is 0 Å². The Labute approximate surface area is 215 Å². The van der Waals surface area contributed by atoms with E-state index in [0.717, 1.165) is 34.7 Å². The first-order chi connectivity index (χ1) is 16.8. The van der Waals surface area contributed by atoms with Crippen LogP contribution in [0.15, 0.2) is 41.9 Å². The van der Waals surface area contributed by atoms with Crippen LogP contribution >= 0.6 is 24.0 Å². The van der Waals surface area contributed by atoms with E-state index in [2.05, 4.69) is 15.3 Å². The lowest BCUT2D eigenvalue weighted by Gasteiger charge is -2.29. The highest BCUT2D eigenvalue weighted by Gasteiger charge is 2.31. The Morgan fingerprint density at radius 3 is 2.80 bits per heavy atom. The number of benzene rings is 1. The summed E-state index contributed by atoms with van der Waals surface area (Å²) < 4.78 is 11.6. The van der Waals surface area contributed by atoms with E-state index in [9.17, 15) is 4.79 Å². The molecule has 2 aromatic heterocycles. The van der Waals surface area contributed by atoms with Crippen molar-refractivity contribution < 1.29 is 14.3 Å². The molecule has 1 aromatic carbocycles. The topological polar surface area (TPSA) is 79.8 Å². The molecule has 0 aliphatic carbocycles. The van der Waals surface area contributed by atoms with Crippen molar-refractivity contribution in [3.8, 4) is 11.8 Å². The van der Waals surface area contributed by atoms with Gasteiger partial charge in [0.2, 0.25) is 0 Å². The molecule has 4 rings (SSSR count). The minimum Gasteiger partial charge on any atom is -0.472 e. The number of nitrogens with one attached hydrogen (secondary N) is 1. The number of likely N-dealkylation sites (N-methyl/N-ethyl adjacent to an activating group) is 1. The predicted octanol–water partition coefficient (Wildman–Crippen LogP) is 3.72. The Kier molecular flexibility index (Phi) is 7.83. The zero-order valence-corrected chi connectivity index (χ0v) is 22.2. The normalized spacial score (nSPS) is 15.4. The summed E-state index contributed by atoms with van der Waals surface area (Å²) >= 11 is 6.56. The molecule has 0 fully saturated rings. The average molecular weight is 514 g/mol. The first-order valence-electron chi connectivity index (χ1n) is 11.5. The summed E-state index contributed by atoms with van der Waals surface area (Å²) in [4.78, 5) is 26.0. The van der Waals surface area contributed by atoms with Crippen LogP contribution < -0.4 is 19.7 Å². The molecule has 1 amide bonds. The summed E-state index contributed by atoms with van der Waals surface area (Å²) in [6, 6.07) is 10.3. The first kappa shape index (κ1) is 25.3. The van der Waals surface area contributed by atoms with Crippen LogP contribution in [0.25, 0.3) is 0 Å². The van der Waals surface area contributed by atoms with Crippen LogP contribution in [0.2, 0.25) is 0 Å². The summed E-state index contributed by atoms with van der Waals surface area (Å²) in [5.41, 5.74) is 2.58. The van der Waals surface area contributed by atoms with E-state index in [1.165, 1.54) is 7.11 Å². The Morgan fingerprint density at radius 1 is 1.29 bits per heavy atom. The lowest BCUT2D eigenvalue weighted by molar-refractivity contribution is 0.0754. The molecular formula is C25H31N5O3S2. The van der Waals surface area contributed by atoms with Gasteiger partial charge >= 0.3 is 6.01 Å². The van der Waals surface area contributed by atoms with E-state index in [1.807, 2.05) is 66.5 Å². The Hall–Kier alpha value is -2.82. The van der Waals surface area contributed by atoms with E-state index in [0.29, 0.717) is 31.0 Å². The molecule has 1 unspecified atom stereocenters. The van der Waals surface area contributed by atoms with Gasteiger partial charge in [-0.2, -0.15) is 4.98 Å². The molecule has 0 saturated carbocycles. The van der Waals surface area contributed by atoms with Gasteiger partial charge in [-0.25, -0.2) is 4.98 Å². The highest BCUT2D eigenvalue weighted by Crippen LogP contribution is 2.38. The lowest BCUT2D eigenvalue weighted by Crippen LogP contribution is -2.33. The van der Waals surface area contributed by atoms with E-state index in [-0.39, 0.29) is 11.9 Å². The van der Waals surface area contributed by atoms with Crippen LogP contribution in [0.5, 0.6) is 11.8 Å². The number of thiophene rings is 1. The van der Waals surface area contributed by atoms with Crippen LogP contribution in [0, 0.1) is 6.92 Å². The van der Waals surface area contributed by atoms with Gasteiger partial charge < -0.3 is 24.6 Å². The van der Waals surface area contributed by atoms with Crippen LogP contribution in [0.1, 0.15) is 32.8 Å². The molecule has 0 spiro atoms. The number of carbonyl (C=O) groups is 1. The molecule has 186 valence electrons. The molecule has 3 heterocycles. The fourth-order valence-electron chi connectivity index (χ4n) is 4.03. The van der Waals surface area contributed by atoms with Crippen molar-refractivity contribution in [2.24, 2.45) is 0 Å². The summed E-state index contributed by atoms with van der Waals surface area (Å²) in [7, 11) is 5.36. The number of anilines is 1. The average Bonchev–Trinajstić information content (AvgIpc) is 3.38. The third-order valence-electron chi connectivity index (χ3n) is 6.10. The van der Waals surface area contributed by atoms with E-state index < -0.39 is 4.93 Å². The first-order valence-corrected chi connectivity index (χ1v) is 12.8. The molecule has 1 atom stereocenters. The number of amides is 1. The number of fused-ring (bicyclic) bond motifs is 1. The number of nitrogens with zero attached hydrogens (tertiary/aromatic N) is 4. The SMILES string of the molecule is CNCCC(S)(Oc1ccc(CN2CCN(C)c3nc(OC)ncc3C2=O)c(C)c1)c1cccs1. The van der Waals surface area contributed by atoms with Crippen LogP contribution in [-0.4, -0.2) is 61.6 Å². The van der Waals surface area contributed by atoms with Gasteiger partial charge in [0.1, 0.15) is 17.1 Å². The Morgan fingerprint density at radius 2 is 2.11 bits per heavy atom. The maximum Gasteiger partial charge on any atom is 0.318 e.